The second-order valence-electron chi connectivity index (χ2n) is 10.4. The molecule has 5 aliphatic rings. The number of rotatable bonds is 8. The molecule has 1 saturated heterocycles. The lowest BCUT2D eigenvalue weighted by molar-refractivity contribution is 0.129. The normalized spacial score (nSPS) is 32.8. The van der Waals surface area contributed by atoms with Crippen LogP contribution in [0.1, 0.15) is 12.8 Å². The van der Waals surface area contributed by atoms with Crippen molar-refractivity contribution in [2.45, 2.75) is 23.6 Å². The minimum absolute atomic E-state index is 0.00924. The molecule has 0 saturated carbocycles. The molecule has 0 bridgehead atoms. The smallest absolute Gasteiger partial charge is 0.0620 e. The topological polar surface area (TPSA) is 35.7 Å². The molecule has 194 valence electrons. The van der Waals surface area contributed by atoms with Gasteiger partial charge in [0.2, 0.25) is 0 Å². The number of fused-ring (bicyclic) bond motifs is 1. The van der Waals surface area contributed by atoms with Crippen molar-refractivity contribution in [1.29, 1.82) is 0 Å². The van der Waals surface area contributed by atoms with Crippen LogP contribution in [0.4, 0.5) is 0 Å². The molecule has 1 fully saturated rings. The summed E-state index contributed by atoms with van der Waals surface area (Å²) in [6.07, 6.45) is 23.7. The number of piperazine rings is 1. The van der Waals surface area contributed by atoms with Gasteiger partial charge in [-0.3, -0.25) is 4.90 Å². The number of nitrogens with two attached hydrogens (primary N) is 1. The van der Waals surface area contributed by atoms with Gasteiger partial charge in [0.15, 0.2) is 0 Å². The Morgan fingerprint density at radius 1 is 0.889 bits per heavy atom. The van der Waals surface area contributed by atoms with Gasteiger partial charge in [-0.2, -0.15) is 0 Å². The van der Waals surface area contributed by atoms with Gasteiger partial charge in [-0.25, -0.2) is 0 Å². The maximum Gasteiger partial charge on any atom is 0.0620 e. The van der Waals surface area contributed by atoms with Gasteiger partial charge in [-0.1, -0.05) is 59.7 Å². The summed E-state index contributed by atoms with van der Waals surface area (Å²) >= 11 is 19.7. The monoisotopic (exact) mass is 546 g/mol. The highest BCUT2D eigenvalue weighted by molar-refractivity contribution is 6.31. The molecule has 4 nitrogen and oxygen atoms in total. The highest BCUT2D eigenvalue weighted by Crippen LogP contribution is 2.45. The van der Waals surface area contributed by atoms with Crippen LogP contribution in [-0.4, -0.2) is 77.8 Å². The first-order valence-electron chi connectivity index (χ1n) is 13.2. The highest BCUT2D eigenvalue weighted by Gasteiger charge is 2.37. The Bertz CT molecular complexity index is 1020. The summed E-state index contributed by atoms with van der Waals surface area (Å²) in [5, 5.41) is 0.863. The number of hydrogen-bond acceptors (Lipinski definition) is 4. The van der Waals surface area contributed by atoms with Crippen LogP contribution in [0.3, 0.4) is 0 Å². The van der Waals surface area contributed by atoms with Crippen LogP contribution in [0.5, 0.6) is 0 Å². The molecule has 5 unspecified atom stereocenters. The Labute approximate surface area is 231 Å². The number of nitrogens with zero attached hydrogens (tertiary/aromatic N) is 3. The molecule has 7 heteroatoms. The van der Waals surface area contributed by atoms with E-state index >= 15 is 0 Å². The lowest BCUT2D eigenvalue weighted by atomic mass is 9.79. The third-order valence-electron chi connectivity index (χ3n) is 8.04. The summed E-state index contributed by atoms with van der Waals surface area (Å²) in [5.74, 6) is 0.844. The van der Waals surface area contributed by atoms with Crippen molar-refractivity contribution in [2.24, 2.45) is 23.5 Å². The van der Waals surface area contributed by atoms with Crippen LogP contribution in [0.15, 0.2) is 82.8 Å². The van der Waals surface area contributed by atoms with Gasteiger partial charge >= 0.3 is 0 Å². The lowest BCUT2D eigenvalue weighted by Gasteiger charge is -2.38. The molecule has 0 aromatic rings. The van der Waals surface area contributed by atoms with Gasteiger partial charge in [-0.05, 0) is 37.1 Å². The third kappa shape index (κ3) is 5.90. The van der Waals surface area contributed by atoms with E-state index in [4.69, 9.17) is 40.5 Å². The minimum Gasteiger partial charge on any atom is -0.351 e. The van der Waals surface area contributed by atoms with Crippen molar-refractivity contribution < 1.29 is 0 Å². The number of allylic oxidation sites excluding steroid dienone is 10. The Balaban J connectivity index is 1.20. The average molecular weight is 548 g/mol. The summed E-state index contributed by atoms with van der Waals surface area (Å²) < 4.78 is 0. The predicted octanol–water partition coefficient (Wildman–Crippen LogP) is 5.25. The molecule has 0 amide bonds. The molecule has 36 heavy (non-hydrogen) atoms. The number of hydrogen-bond donors (Lipinski definition) is 1. The molecule has 0 aromatic heterocycles. The molecule has 2 aliphatic heterocycles. The quantitative estimate of drug-likeness (QED) is 0.421. The van der Waals surface area contributed by atoms with Gasteiger partial charge < -0.3 is 15.5 Å². The summed E-state index contributed by atoms with van der Waals surface area (Å²) in [5.41, 5.74) is 10.2. The summed E-state index contributed by atoms with van der Waals surface area (Å²) in [6, 6.07) is 0. The van der Waals surface area contributed by atoms with E-state index in [1.54, 1.807) is 0 Å². The zero-order chi connectivity index (χ0) is 25.1. The molecule has 5 rings (SSSR count). The zero-order valence-electron chi connectivity index (χ0n) is 20.8. The largest absolute Gasteiger partial charge is 0.351 e. The van der Waals surface area contributed by atoms with Crippen LogP contribution < -0.4 is 5.73 Å². The Kier molecular flexibility index (Phi) is 8.83. The predicted molar refractivity (Wildman–Crippen MR) is 153 cm³/mol. The van der Waals surface area contributed by atoms with Crippen molar-refractivity contribution in [3.05, 3.63) is 82.8 Å². The highest BCUT2D eigenvalue weighted by atomic mass is 35.5. The van der Waals surface area contributed by atoms with Crippen LogP contribution >= 0.6 is 34.8 Å². The summed E-state index contributed by atoms with van der Waals surface area (Å²) in [6.45, 7) is 7.87. The van der Waals surface area contributed by atoms with E-state index in [9.17, 15) is 0 Å². The van der Waals surface area contributed by atoms with Gasteiger partial charge in [0, 0.05) is 80.5 Å². The van der Waals surface area contributed by atoms with Crippen molar-refractivity contribution >= 4 is 34.8 Å². The van der Waals surface area contributed by atoms with E-state index in [2.05, 4.69) is 57.4 Å². The summed E-state index contributed by atoms with van der Waals surface area (Å²) in [4.78, 5) is 7.52. The van der Waals surface area contributed by atoms with E-state index in [1.807, 2.05) is 18.2 Å². The van der Waals surface area contributed by atoms with E-state index in [0.29, 0.717) is 12.5 Å². The van der Waals surface area contributed by atoms with Crippen molar-refractivity contribution in [2.75, 3.05) is 52.4 Å². The third-order valence-corrected chi connectivity index (χ3v) is 9.32. The second kappa shape index (κ2) is 12.1. The summed E-state index contributed by atoms with van der Waals surface area (Å²) in [7, 11) is 0. The Morgan fingerprint density at radius 3 is 2.39 bits per heavy atom. The van der Waals surface area contributed by atoms with Gasteiger partial charge in [0.25, 0.3) is 0 Å². The van der Waals surface area contributed by atoms with Gasteiger partial charge in [-0.15, -0.1) is 23.2 Å². The molecular formula is C29H37Cl3N4. The molecule has 5 atom stereocenters. The average Bonchev–Trinajstić information content (AvgIpc) is 3.24. The second-order valence-corrected chi connectivity index (χ2v) is 11.9. The number of halogens is 3. The minimum atomic E-state index is -0.0194. The molecule has 0 spiro atoms. The molecule has 0 radical (unpaired) electrons. The van der Waals surface area contributed by atoms with E-state index in [-0.39, 0.29) is 22.6 Å². The van der Waals surface area contributed by atoms with E-state index in [1.165, 1.54) is 16.8 Å². The first-order chi connectivity index (χ1) is 17.5. The van der Waals surface area contributed by atoms with Crippen molar-refractivity contribution in [3.8, 4) is 0 Å². The Morgan fingerprint density at radius 2 is 1.64 bits per heavy atom. The van der Waals surface area contributed by atoms with E-state index in [0.717, 1.165) is 63.7 Å². The molecular weight excluding hydrogens is 511 g/mol. The standard InChI is InChI=1S/C29H37Cl3N4/c30-26-6-2-1-5-22(26)24-20-36(12-4-11-33)29-10-9-21(17-23(24)29)18-34-13-15-35(16-14-34)19-25-27(31)7-3-8-28(25)32/h1-3,5-10,20,22-23,25-27H,4,11-19,33H2. The molecule has 2 heterocycles. The van der Waals surface area contributed by atoms with E-state index < -0.39 is 0 Å². The first-order valence-corrected chi connectivity index (χ1v) is 14.5. The van der Waals surface area contributed by atoms with Crippen LogP contribution in [0.2, 0.25) is 0 Å². The van der Waals surface area contributed by atoms with Crippen LogP contribution in [0.25, 0.3) is 0 Å². The lowest BCUT2D eigenvalue weighted by Crippen LogP contribution is -2.49. The fourth-order valence-electron chi connectivity index (χ4n) is 6.00. The maximum atomic E-state index is 6.75. The molecule has 3 aliphatic carbocycles. The van der Waals surface area contributed by atoms with Crippen molar-refractivity contribution in [3.63, 3.8) is 0 Å². The SMILES string of the molecule is NCCCN1C=C(C2C=CC=CC2Cl)C2CC(CN3CCN(CC4C(Cl)=CC=CC4Cl)CC3)=CC=C21. The first kappa shape index (κ1) is 26.3. The van der Waals surface area contributed by atoms with Crippen LogP contribution in [-0.2, 0) is 0 Å². The number of alkyl halides is 2. The van der Waals surface area contributed by atoms with Crippen LogP contribution in [0, 0.1) is 17.8 Å². The van der Waals surface area contributed by atoms with Gasteiger partial charge in [0.05, 0.1) is 10.8 Å². The molecule has 0 aromatic carbocycles. The fourth-order valence-corrected chi connectivity index (χ4v) is 6.95. The fraction of sp³-hybridized carbons (Fsp3) is 0.517. The molecule has 2 N–H and O–H groups in total. The Hall–Kier alpha value is -1.27. The zero-order valence-corrected chi connectivity index (χ0v) is 23.1. The van der Waals surface area contributed by atoms with Crippen molar-refractivity contribution in [1.82, 2.24) is 14.7 Å². The maximum absolute atomic E-state index is 6.75. The van der Waals surface area contributed by atoms with Gasteiger partial charge in [0.1, 0.15) is 0 Å².